The number of benzene rings is 1. The lowest BCUT2D eigenvalue weighted by molar-refractivity contribution is -0.139. The van der Waals surface area contributed by atoms with E-state index in [2.05, 4.69) is 0 Å². The highest BCUT2D eigenvalue weighted by Crippen LogP contribution is 2.27. The van der Waals surface area contributed by atoms with Crippen molar-refractivity contribution in [2.24, 2.45) is 5.92 Å². The zero-order valence-corrected chi connectivity index (χ0v) is 13.2. The first-order chi connectivity index (χ1) is 11.2. The molecule has 1 saturated heterocycles. The van der Waals surface area contributed by atoms with Crippen molar-refractivity contribution in [1.82, 2.24) is 4.90 Å². The van der Waals surface area contributed by atoms with Gasteiger partial charge < -0.3 is 19.1 Å². The molecule has 1 aromatic carbocycles. The van der Waals surface area contributed by atoms with Crippen LogP contribution in [0, 0.1) is 5.92 Å². The first-order valence-corrected chi connectivity index (χ1v) is 7.89. The topological polar surface area (TPSA) is 65.1 Å². The van der Waals surface area contributed by atoms with Gasteiger partial charge in [0.05, 0.1) is 19.2 Å². The largest absolute Gasteiger partial charge is 0.491 e. The lowest BCUT2D eigenvalue weighted by atomic mass is 9.98. The number of rotatable bonds is 2. The summed E-state index contributed by atoms with van der Waals surface area (Å²) in [6, 6.07) is 5.22. The normalized spacial score (nSPS) is 18.6. The zero-order chi connectivity index (χ0) is 16.2. The van der Waals surface area contributed by atoms with Crippen LogP contribution in [-0.4, -0.2) is 50.3 Å². The minimum Gasteiger partial charge on any atom is -0.491 e. The number of methoxy groups -OCH3 is 1. The van der Waals surface area contributed by atoms with Gasteiger partial charge in [-0.2, -0.15) is 0 Å². The Morgan fingerprint density at radius 1 is 1.22 bits per heavy atom. The molecule has 2 aliphatic heterocycles. The van der Waals surface area contributed by atoms with Gasteiger partial charge in [0.15, 0.2) is 0 Å². The summed E-state index contributed by atoms with van der Waals surface area (Å²) < 4.78 is 15.8. The molecule has 0 unspecified atom stereocenters. The second kappa shape index (κ2) is 7.00. The molecule has 6 nitrogen and oxygen atoms in total. The molecule has 124 valence electrons. The van der Waals surface area contributed by atoms with Crippen LogP contribution in [0.4, 0.5) is 0 Å². The molecular formula is C17H21NO5. The summed E-state index contributed by atoms with van der Waals surface area (Å²) in [5.41, 5.74) is 1.37. The number of ether oxygens (including phenoxy) is 3. The summed E-state index contributed by atoms with van der Waals surface area (Å²) in [5, 5.41) is 0. The number of hydrogen-bond donors (Lipinski definition) is 0. The molecule has 0 spiro atoms. The van der Waals surface area contributed by atoms with Crippen LogP contribution < -0.4 is 4.74 Å². The third-order valence-electron chi connectivity index (χ3n) is 4.35. The van der Waals surface area contributed by atoms with Crippen molar-refractivity contribution >= 4 is 11.9 Å². The highest BCUT2D eigenvalue weighted by Gasteiger charge is 2.28. The van der Waals surface area contributed by atoms with E-state index >= 15 is 0 Å². The van der Waals surface area contributed by atoms with Crippen molar-refractivity contribution in [3.8, 4) is 5.75 Å². The third-order valence-corrected chi connectivity index (χ3v) is 4.35. The Kier molecular flexibility index (Phi) is 4.81. The minimum absolute atomic E-state index is 0.0413. The quantitative estimate of drug-likeness (QED) is 0.775. The number of nitrogens with zero attached hydrogens (tertiary/aromatic N) is 1. The molecule has 0 aliphatic carbocycles. The summed E-state index contributed by atoms with van der Waals surface area (Å²) in [6.45, 7) is 2.79. The molecule has 2 aliphatic rings. The van der Waals surface area contributed by atoms with Crippen molar-refractivity contribution in [1.29, 1.82) is 0 Å². The van der Waals surface area contributed by atoms with E-state index in [0.717, 1.165) is 18.4 Å². The smallest absolute Gasteiger partial charge is 0.337 e. The highest BCUT2D eigenvalue weighted by atomic mass is 16.5. The van der Waals surface area contributed by atoms with Crippen LogP contribution in [0.15, 0.2) is 18.2 Å². The van der Waals surface area contributed by atoms with Gasteiger partial charge in [0, 0.05) is 31.2 Å². The Bertz CT molecular complexity index is 595. The van der Waals surface area contributed by atoms with Crippen molar-refractivity contribution in [2.45, 2.75) is 19.4 Å². The molecule has 0 aromatic heterocycles. The first-order valence-electron chi connectivity index (χ1n) is 7.89. The molecule has 0 bridgehead atoms. The van der Waals surface area contributed by atoms with Gasteiger partial charge in [0.1, 0.15) is 12.4 Å². The number of carbonyl (C=O) groups excluding carboxylic acids is 2. The molecule has 0 radical (unpaired) electrons. The Morgan fingerprint density at radius 2 is 2.00 bits per heavy atom. The molecule has 3 rings (SSSR count). The molecule has 6 heteroatoms. The van der Waals surface area contributed by atoms with Gasteiger partial charge in [0.25, 0.3) is 0 Å². The fourth-order valence-corrected chi connectivity index (χ4v) is 3.01. The molecule has 23 heavy (non-hydrogen) atoms. The summed E-state index contributed by atoms with van der Waals surface area (Å²) in [6.07, 6.45) is 1.56. The Hall–Kier alpha value is -2.08. The number of esters is 1. The predicted molar refractivity (Wildman–Crippen MR) is 82.2 cm³/mol. The SMILES string of the molecule is COC(=O)c1ccc2c(c1)OCCN(C(=O)C1CCOCC1)C2. The van der Waals surface area contributed by atoms with Gasteiger partial charge in [0.2, 0.25) is 5.91 Å². The van der Waals surface area contributed by atoms with Crippen LogP contribution in [0.25, 0.3) is 0 Å². The lowest BCUT2D eigenvalue weighted by Gasteiger charge is -2.28. The fourth-order valence-electron chi connectivity index (χ4n) is 3.01. The predicted octanol–water partition coefficient (Wildman–Crippen LogP) is 1.62. The standard InChI is InChI=1S/C17H21NO5/c1-21-17(20)13-2-3-14-11-18(6-9-23-15(14)10-13)16(19)12-4-7-22-8-5-12/h2-3,10,12H,4-9,11H2,1H3. The van der Waals surface area contributed by atoms with E-state index in [1.807, 2.05) is 11.0 Å². The maximum atomic E-state index is 12.7. The van der Waals surface area contributed by atoms with Gasteiger partial charge in [-0.1, -0.05) is 6.07 Å². The Labute approximate surface area is 135 Å². The van der Waals surface area contributed by atoms with Crippen LogP contribution in [-0.2, 0) is 20.8 Å². The van der Waals surface area contributed by atoms with Gasteiger partial charge >= 0.3 is 5.97 Å². The summed E-state index contributed by atoms with van der Waals surface area (Å²) >= 11 is 0. The van der Waals surface area contributed by atoms with Crippen molar-refractivity contribution < 1.29 is 23.8 Å². The first kappa shape index (κ1) is 15.8. The second-order valence-electron chi connectivity index (χ2n) is 5.81. The van der Waals surface area contributed by atoms with Gasteiger partial charge in [-0.3, -0.25) is 4.79 Å². The van der Waals surface area contributed by atoms with Crippen LogP contribution in [0.1, 0.15) is 28.8 Å². The van der Waals surface area contributed by atoms with E-state index in [0.29, 0.717) is 44.2 Å². The van der Waals surface area contributed by atoms with E-state index in [9.17, 15) is 9.59 Å². The Morgan fingerprint density at radius 3 is 2.74 bits per heavy atom. The van der Waals surface area contributed by atoms with Gasteiger partial charge in [-0.25, -0.2) is 4.79 Å². The third kappa shape index (κ3) is 3.47. The maximum Gasteiger partial charge on any atom is 0.337 e. The van der Waals surface area contributed by atoms with Crippen molar-refractivity contribution in [3.05, 3.63) is 29.3 Å². The second-order valence-corrected chi connectivity index (χ2v) is 5.81. The average molecular weight is 319 g/mol. The summed E-state index contributed by atoms with van der Waals surface area (Å²) in [7, 11) is 1.35. The number of carbonyl (C=O) groups is 2. The maximum absolute atomic E-state index is 12.7. The monoisotopic (exact) mass is 319 g/mol. The van der Waals surface area contributed by atoms with E-state index in [1.54, 1.807) is 12.1 Å². The van der Waals surface area contributed by atoms with Crippen LogP contribution >= 0.6 is 0 Å². The number of hydrogen-bond acceptors (Lipinski definition) is 5. The van der Waals surface area contributed by atoms with Crippen molar-refractivity contribution in [2.75, 3.05) is 33.5 Å². The molecule has 1 amide bonds. The van der Waals surface area contributed by atoms with Crippen LogP contribution in [0.5, 0.6) is 5.75 Å². The highest BCUT2D eigenvalue weighted by molar-refractivity contribution is 5.90. The average Bonchev–Trinajstić information content (AvgIpc) is 2.82. The molecule has 1 fully saturated rings. The van der Waals surface area contributed by atoms with Gasteiger partial charge in [-0.15, -0.1) is 0 Å². The molecule has 0 saturated carbocycles. The van der Waals surface area contributed by atoms with Crippen LogP contribution in [0.2, 0.25) is 0 Å². The zero-order valence-electron chi connectivity index (χ0n) is 13.2. The number of amides is 1. The summed E-state index contributed by atoms with van der Waals surface area (Å²) in [4.78, 5) is 26.1. The Balaban J connectivity index is 1.75. The summed E-state index contributed by atoms with van der Waals surface area (Å²) in [5.74, 6) is 0.465. The molecule has 2 heterocycles. The fraction of sp³-hybridized carbons (Fsp3) is 0.529. The molecular weight excluding hydrogens is 298 g/mol. The molecule has 0 atom stereocenters. The minimum atomic E-state index is -0.393. The lowest BCUT2D eigenvalue weighted by Crippen LogP contribution is -2.39. The van der Waals surface area contributed by atoms with E-state index < -0.39 is 5.97 Å². The molecule has 1 aromatic rings. The van der Waals surface area contributed by atoms with Crippen LogP contribution in [0.3, 0.4) is 0 Å². The van der Waals surface area contributed by atoms with E-state index in [4.69, 9.17) is 14.2 Å². The van der Waals surface area contributed by atoms with Crippen molar-refractivity contribution in [3.63, 3.8) is 0 Å². The van der Waals surface area contributed by atoms with E-state index in [-0.39, 0.29) is 11.8 Å². The number of fused-ring (bicyclic) bond motifs is 1. The molecule has 0 N–H and O–H groups in total. The van der Waals surface area contributed by atoms with Gasteiger partial charge in [-0.05, 0) is 25.0 Å². The van der Waals surface area contributed by atoms with E-state index in [1.165, 1.54) is 7.11 Å².